The highest BCUT2D eigenvalue weighted by atomic mass is 16.5. The maximum Gasteiger partial charge on any atom is 0.306 e. The number of aromatic nitrogens is 1. The van der Waals surface area contributed by atoms with Crippen molar-refractivity contribution >= 4 is 18.1 Å². The lowest BCUT2D eigenvalue weighted by atomic mass is 9.93. The molecule has 0 spiro atoms. The van der Waals surface area contributed by atoms with Crippen molar-refractivity contribution in [3.8, 4) is 11.1 Å². The fourth-order valence-corrected chi connectivity index (χ4v) is 3.32. The summed E-state index contributed by atoms with van der Waals surface area (Å²) in [5.41, 5.74) is 2.75. The fourth-order valence-electron chi connectivity index (χ4n) is 3.32. The summed E-state index contributed by atoms with van der Waals surface area (Å²) in [6, 6.07) is 11.6. The molecule has 0 unspecified atom stereocenters. The van der Waals surface area contributed by atoms with Crippen LogP contribution in [0.3, 0.4) is 0 Å². The Kier molecular flexibility index (Phi) is 6.00. The molecule has 0 N–H and O–H groups in total. The molecule has 2 heterocycles. The number of esters is 1. The lowest BCUT2D eigenvalue weighted by Gasteiger charge is -2.32. The average molecular weight is 352 g/mol. The number of hydrogen-bond donors (Lipinski definition) is 0. The van der Waals surface area contributed by atoms with Gasteiger partial charge in [-0.1, -0.05) is 24.3 Å². The summed E-state index contributed by atoms with van der Waals surface area (Å²) in [4.78, 5) is 29.2. The standard InChI is InChI=1S/C21H24N2O3/c1-2-26-21(25)13-16-9-11-23(12-10-16)20-8-7-19(14-22-20)18-5-3-17(15-24)4-6-18/h3-8,14-16H,2,9-13H2,1H3. The number of nitrogens with zero attached hydrogens (tertiary/aromatic N) is 2. The zero-order valence-electron chi connectivity index (χ0n) is 15.1. The fraction of sp³-hybridized carbons (Fsp3) is 0.381. The van der Waals surface area contributed by atoms with E-state index in [0.717, 1.165) is 49.2 Å². The Morgan fingerprint density at radius 3 is 2.42 bits per heavy atom. The third kappa shape index (κ3) is 4.48. The number of piperidine rings is 1. The van der Waals surface area contributed by atoms with Gasteiger partial charge in [0.1, 0.15) is 12.1 Å². The molecule has 0 saturated carbocycles. The van der Waals surface area contributed by atoms with Crippen LogP contribution in [0, 0.1) is 5.92 Å². The van der Waals surface area contributed by atoms with Gasteiger partial charge in [-0.05, 0) is 43.4 Å². The van der Waals surface area contributed by atoms with Gasteiger partial charge < -0.3 is 9.64 Å². The molecule has 0 radical (unpaired) electrons. The van der Waals surface area contributed by atoms with Crippen molar-refractivity contribution < 1.29 is 14.3 Å². The van der Waals surface area contributed by atoms with Gasteiger partial charge in [0.2, 0.25) is 0 Å². The molecule has 0 bridgehead atoms. The van der Waals surface area contributed by atoms with E-state index in [1.54, 1.807) is 0 Å². The average Bonchev–Trinajstić information content (AvgIpc) is 2.69. The van der Waals surface area contributed by atoms with Crippen LogP contribution in [0.4, 0.5) is 5.82 Å². The predicted molar refractivity (Wildman–Crippen MR) is 101 cm³/mol. The number of ether oxygens (including phenoxy) is 1. The number of hydrogen-bond acceptors (Lipinski definition) is 5. The van der Waals surface area contributed by atoms with Crippen molar-refractivity contribution in [1.82, 2.24) is 4.98 Å². The molecule has 136 valence electrons. The first-order valence-electron chi connectivity index (χ1n) is 9.12. The highest BCUT2D eigenvalue weighted by molar-refractivity contribution is 5.77. The Morgan fingerprint density at radius 1 is 1.15 bits per heavy atom. The normalized spacial score (nSPS) is 14.9. The van der Waals surface area contributed by atoms with Crippen molar-refractivity contribution in [2.75, 3.05) is 24.6 Å². The van der Waals surface area contributed by atoms with E-state index in [-0.39, 0.29) is 5.97 Å². The van der Waals surface area contributed by atoms with Crippen molar-refractivity contribution in [2.45, 2.75) is 26.2 Å². The van der Waals surface area contributed by atoms with Gasteiger partial charge >= 0.3 is 5.97 Å². The summed E-state index contributed by atoms with van der Waals surface area (Å²) >= 11 is 0. The van der Waals surface area contributed by atoms with Gasteiger partial charge in [-0.25, -0.2) is 4.98 Å². The molecule has 1 fully saturated rings. The van der Waals surface area contributed by atoms with Crippen LogP contribution in [-0.2, 0) is 9.53 Å². The van der Waals surface area contributed by atoms with E-state index in [1.165, 1.54) is 0 Å². The SMILES string of the molecule is CCOC(=O)CC1CCN(c2ccc(-c3ccc(C=O)cc3)cn2)CC1. The minimum absolute atomic E-state index is 0.0889. The molecule has 0 amide bonds. The predicted octanol–water partition coefficient (Wildman–Crippen LogP) is 3.73. The molecular formula is C21H24N2O3. The highest BCUT2D eigenvalue weighted by Crippen LogP contribution is 2.26. The maximum atomic E-state index is 11.6. The Labute approximate surface area is 154 Å². The monoisotopic (exact) mass is 352 g/mol. The molecule has 1 aromatic carbocycles. The van der Waals surface area contributed by atoms with Crippen molar-refractivity contribution in [3.05, 3.63) is 48.2 Å². The molecule has 0 aliphatic carbocycles. The van der Waals surface area contributed by atoms with Crippen LogP contribution in [0.2, 0.25) is 0 Å². The summed E-state index contributed by atoms with van der Waals surface area (Å²) in [7, 11) is 0. The largest absolute Gasteiger partial charge is 0.466 e. The quantitative estimate of drug-likeness (QED) is 0.586. The number of pyridine rings is 1. The van der Waals surface area contributed by atoms with Gasteiger partial charge in [-0.2, -0.15) is 0 Å². The molecule has 2 aromatic rings. The second-order valence-corrected chi connectivity index (χ2v) is 6.58. The molecule has 1 aliphatic heterocycles. The zero-order chi connectivity index (χ0) is 18.4. The van der Waals surface area contributed by atoms with Gasteiger partial charge in [0, 0.05) is 36.8 Å². The second-order valence-electron chi connectivity index (χ2n) is 6.58. The topological polar surface area (TPSA) is 59.5 Å². The zero-order valence-corrected chi connectivity index (χ0v) is 15.1. The lowest BCUT2D eigenvalue weighted by molar-refractivity contribution is -0.144. The van der Waals surface area contributed by atoms with Crippen LogP contribution < -0.4 is 4.90 Å². The summed E-state index contributed by atoms with van der Waals surface area (Å²) in [5, 5.41) is 0. The molecule has 1 saturated heterocycles. The summed E-state index contributed by atoms with van der Waals surface area (Å²) in [5.74, 6) is 1.28. The molecule has 1 aliphatic rings. The lowest BCUT2D eigenvalue weighted by Crippen LogP contribution is -2.35. The van der Waals surface area contributed by atoms with Gasteiger partial charge in [0.15, 0.2) is 0 Å². The number of anilines is 1. The summed E-state index contributed by atoms with van der Waals surface area (Å²) in [6.45, 7) is 4.10. The van der Waals surface area contributed by atoms with Crippen LogP contribution in [0.15, 0.2) is 42.6 Å². The van der Waals surface area contributed by atoms with E-state index < -0.39 is 0 Å². The van der Waals surface area contributed by atoms with E-state index in [4.69, 9.17) is 4.74 Å². The van der Waals surface area contributed by atoms with Crippen molar-refractivity contribution in [3.63, 3.8) is 0 Å². The maximum absolute atomic E-state index is 11.6. The number of rotatable bonds is 6. The van der Waals surface area contributed by atoms with Crippen molar-refractivity contribution in [1.29, 1.82) is 0 Å². The molecule has 0 atom stereocenters. The second kappa shape index (κ2) is 8.61. The third-order valence-electron chi connectivity index (χ3n) is 4.83. The Hall–Kier alpha value is -2.69. The van der Waals surface area contributed by atoms with E-state index in [9.17, 15) is 9.59 Å². The van der Waals surface area contributed by atoms with E-state index in [0.29, 0.717) is 24.5 Å². The summed E-state index contributed by atoms with van der Waals surface area (Å²) in [6.07, 6.45) is 5.20. The third-order valence-corrected chi connectivity index (χ3v) is 4.83. The number of aldehydes is 1. The van der Waals surface area contributed by atoms with Gasteiger partial charge in [-0.15, -0.1) is 0 Å². The van der Waals surface area contributed by atoms with Gasteiger partial charge in [-0.3, -0.25) is 9.59 Å². The van der Waals surface area contributed by atoms with E-state index >= 15 is 0 Å². The number of benzene rings is 1. The van der Waals surface area contributed by atoms with Crippen LogP contribution in [-0.4, -0.2) is 36.9 Å². The highest BCUT2D eigenvalue weighted by Gasteiger charge is 2.22. The molecular weight excluding hydrogens is 328 g/mol. The Balaban J connectivity index is 1.57. The number of carbonyl (C=O) groups excluding carboxylic acids is 2. The van der Waals surface area contributed by atoms with E-state index in [2.05, 4.69) is 16.0 Å². The van der Waals surface area contributed by atoms with Crippen LogP contribution in [0.5, 0.6) is 0 Å². The molecule has 3 rings (SSSR count). The van der Waals surface area contributed by atoms with Crippen LogP contribution in [0.1, 0.15) is 36.5 Å². The Morgan fingerprint density at radius 2 is 1.85 bits per heavy atom. The first-order chi connectivity index (χ1) is 12.7. The number of carbonyl (C=O) groups is 2. The van der Waals surface area contributed by atoms with Crippen molar-refractivity contribution in [2.24, 2.45) is 5.92 Å². The molecule has 5 heteroatoms. The van der Waals surface area contributed by atoms with Gasteiger partial charge in [0.05, 0.1) is 6.61 Å². The molecule has 26 heavy (non-hydrogen) atoms. The summed E-state index contributed by atoms with van der Waals surface area (Å²) < 4.78 is 5.04. The molecule has 5 nitrogen and oxygen atoms in total. The van der Waals surface area contributed by atoms with Crippen LogP contribution >= 0.6 is 0 Å². The first kappa shape index (κ1) is 18.1. The van der Waals surface area contributed by atoms with E-state index in [1.807, 2.05) is 43.5 Å². The minimum Gasteiger partial charge on any atom is -0.466 e. The Bertz CT molecular complexity index is 733. The van der Waals surface area contributed by atoms with Crippen LogP contribution in [0.25, 0.3) is 11.1 Å². The smallest absolute Gasteiger partial charge is 0.306 e. The van der Waals surface area contributed by atoms with Gasteiger partial charge in [0.25, 0.3) is 0 Å². The molecule has 1 aromatic heterocycles. The minimum atomic E-state index is -0.0889. The first-order valence-corrected chi connectivity index (χ1v) is 9.12.